The number of hydrogen-bond donors (Lipinski definition) is 1. The molecule has 0 radical (unpaired) electrons. The molecule has 0 aromatic heterocycles. The van der Waals surface area contributed by atoms with Gasteiger partial charge in [-0.3, -0.25) is 0 Å². The summed E-state index contributed by atoms with van der Waals surface area (Å²) >= 11 is 0. The van der Waals surface area contributed by atoms with Gasteiger partial charge in [0, 0.05) is 17.3 Å². The SMILES string of the molecule is N#CC1=C2C=COCC2=CNC1. The Bertz CT molecular complexity index is 331. The van der Waals surface area contributed by atoms with Gasteiger partial charge in [0.2, 0.25) is 0 Å². The highest BCUT2D eigenvalue weighted by Crippen LogP contribution is 2.22. The van der Waals surface area contributed by atoms with Crippen molar-refractivity contribution >= 4 is 0 Å². The van der Waals surface area contributed by atoms with Crippen molar-refractivity contribution in [3.8, 4) is 6.07 Å². The van der Waals surface area contributed by atoms with Crippen molar-refractivity contribution in [1.29, 1.82) is 5.26 Å². The molecule has 0 spiro atoms. The summed E-state index contributed by atoms with van der Waals surface area (Å²) < 4.78 is 5.10. The minimum atomic E-state index is 0.560. The maximum atomic E-state index is 8.78. The van der Waals surface area contributed by atoms with Crippen LogP contribution in [0.3, 0.4) is 0 Å². The number of nitrogens with one attached hydrogen (secondary N) is 1. The zero-order valence-electron chi connectivity index (χ0n) is 6.50. The van der Waals surface area contributed by atoms with E-state index in [1.54, 1.807) is 6.26 Å². The second-order valence-electron chi connectivity index (χ2n) is 2.67. The van der Waals surface area contributed by atoms with Crippen molar-refractivity contribution in [2.45, 2.75) is 0 Å². The number of nitrogens with zero attached hydrogens (tertiary/aromatic N) is 1. The summed E-state index contributed by atoms with van der Waals surface area (Å²) in [4.78, 5) is 0. The van der Waals surface area contributed by atoms with Gasteiger partial charge in [-0.05, 0) is 6.08 Å². The number of nitriles is 1. The normalized spacial score (nSPS) is 20.1. The smallest absolute Gasteiger partial charge is 0.114 e. The Balaban J connectivity index is 2.47. The maximum absolute atomic E-state index is 8.78. The molecule has 3 heteroatoms. The predicted octanol–water partition coefficient (Wildman–Crippen LogP) is 0.838. The van der Waals surface area contributed by atoms with Crippen molar-refractivity contribution in [1.82, 2.24) is 5.32 Å². The minimum Gasteiger partial charge on any atom is -0.496 e. The quantitative estimate of drug-likeness (QED) is 0.571. The molecule has 0 fully saturated rings. The first kappa shape index (κ1) is 6.99. The maximum Gasteiger partial charge on any atom is 0.114 e. The fraction of sp³-hybridized carbons (Fsp3) is 0.222. The van der Waals surface area contributed by atoms with E-state index in [2.05, 4.69) is 11.4 Å². The number of ether oxygens (including phenoxy) is 1. The first-order valence-electron chi connectivity index (χ1n) is 3.76. The van der Waals surface area contributed by atoms with E-state index < -0.39 is 0 Å². The Morgan fingerprint density at radius 2 is 2.50 bits per heavy atom. The summed E-state index contributed by atoms with van der Waals surface area (Å²) in [6.45, 7) is 1.18. The van der Waals surface area contributed by atoms with Gasteiger partial charge in [0.25, 0.3) is 0 Å². The van der Waals surface area contributed by atoms with Gasteiger partial charge < -0.3 is 10.1 Å². The fourth-order valence-corrected chi connectivity index (χ4v) is 1.32. The summed E-state index contributed by atoms with van der Waals surface area (Å²) in [5.41, 5.74) is 2.86. The van der Waals surface area contributed by atoms with Gasteiger partial charge in [-0.1, -0.05) is 0 Å². The number of fused-ring (bicyclic) bond motifs is 1. The summed E-state index contributed by atoms with van der Waals surface area (Å²) in [7, 11) is 0. The Morgan fingerprint density at radius 3 is 3.33 bits per heavy atom. The molecule has 1 N–H and O–H groups in total. The van der Waals surface area contributed by atoms with Crippen LogP contribution < -0.4 is 5.32 Å². The van der Waals surface area contributed by atoms with Crippen molar-refractivity contribution < 1.29 is 4.74 Å². The van der Waals surface area contributed by atoms with Gasteiger partial charge >= 0.3 is 0 Å². The van der Waals surface area contributed by atoms with Crippen LogP contribution in [0.4, 0.5) is 0 Å². The summed E-state index contributed by atoms with van der Waals surface area (Å²) in [5.74, 6) is 0. The lowest BCUT2D eigenvalue weighted by Gasteiger charge is -2.19. The second kappa shape index (κ2) is 2.74. The molecule has 60 valence electrons. The molecule has 2 rings (SSSR count). The zero-order valence-corrected chi connectivity index (χ0v) is 6.50. The highest BCUT2D eigenvalue weighted by Gasteiger charge is 2.15. The number of hydrogen-bond acceptors (Lipinski definition) is 3. The van der Waals surface area contributed by atoms with Crippen molar-refractivity contribution in [3.05, 3.63) is 35.3 Å². The topological polar surface area (TPSA) is 45.0 Å². The molecule has 2 aliphatic rings. The minimum absolute atomic E-state index is 0.560. The van der Waals surface area contributed by atoms with Crippen LogP contribution in [0.15, 0.2) is 35.3 Å². The highest BCUT2D eigenvalue weighted by molar-refractivity contribution is 5.51. The first-order chi connectivity index (χ1) is 5.92. The molecule has 0 unspecified atom stereocenters. The molecule has 12 heavy (non-hydrogen) atoms. The van der Waals surface area contributed by atoms with E-state index in [1.807, 2.05) is 12.3 Å². The van der Waals surface area contributed by atoms with Crippen LogP contribution in [0.2, 0.25) is 0 Å². The van der Waals surface area contributed by atoms with Crippen LogP contribution in [0.1, 0.15) is 0 Å². The van der Waals surface area contributed by atoms with E-state index in [0.29, 0.717) is 13.2 Å². The van der Waals surface area contributed by atoms with Crippen molar-refractivity contribution in [2.75, 3.05) is 13.2 Å². The van der Waals surface area contributed by atoms with E-state index in [9.17, 15) is 0 Å². The lowest BCUT2D eigenvalue weighted by atomic mass is 9.98. The van der Waals surface area contributed by atoms with E-state index in [4.69, 9.17) is 10.00 Å². The van der Waals surface area contributed by atoms with E-state index in [1.165, 1.54) is 0 Å². The van der Waals surface area contributed by atoms with Crippen LogP contribution in [0.5, 0.6) is 0 Å². The van der Waals surface area contributed by atoms with Crippen LogP contribution in [0.25, 0.3) is 0 Å². The molecule has 2 aliphatic heterocycles. The predicted molar refractivity (Wildman–Crippen MR) is 43.8 cm³/mol. The van der Waals surface area contributed by atoms with Gasteiger partial charge in [0.05, 0.1) is 24.4 Å². The van der Waals surface area contributed by atoms with Gasteiger partial charge in [-0.15, -0.1) is 0 Å². The van der Waals surface area contributed by atoms with Crippen molar-refractivity contribution in [3.63, 3.8) is 0 Å². The summed E-state index contributed by atoms with van der Waals surface area (Å²) in [6.07, 6.45) is 5.38. The molecule has 0 saturated carbocycles. The average molecular weight is 160 g/mol. The molecule has 0 amide bonds. The van der Waals surface area contributed by atoms with Crippen LogP contribution >= 0.6 is 0 Å². The molecule has 2 heterocycles. The summed E-state index contributed by atoms with van der Waals surface area (Å²) in [5, 5.41) is 11.8. The number of rotatable bonds is 0. The second-order valence-corrected chi connectivity index (χ2v) is 2.67. The van der Waals surface area contributed by atoms with E-state index in [0.717, 1.165) is 16.7 Å². The molecule has 0 bridgehead atoms. The van der Waals surface area contributed by atoms with E-state index in [-0.39, 0.29) is 0 Å². The van der Waals surface area contributed by atoms with Crippen LogP contribution in [-0.4, -0.2) is 13.2 Å². The largest absolute Gasteiger partial charge is 0.496 e. The molecular formula is C9H8N2O. The van der Waals surface area contributed by atoms with Crippen LogP contribution in [0, 0.1) is 11.3 Å². The van der Waals surface area contributed by atoms with Crippen LogP contribution in [-0.2, 0) is 4.74 Å². The standard InChI is InChI=1S/C9H8N2O/c10-3-7-4-11-5-8-6-12-2-1-9(7)8/h1-2,5,11H,4,6H2. The molecule has 0 atom stereocenters. The summed E-state index contributed by atoms with van der Waals surface area (Å²) in [6, 6.07) is 2.17. The Labute approximate surface area is 70.6 Å². The molecular weight excluding hydrogens is 152 g/mol. The van der Waals surface area contributed by atoms with E-state index >= 15 is 0 Å². The van der Waals surface area contributed by atoms with Crippen molar-refractivity contribution in [2.24, 2.45) is 0 Å². The lowest BCUT2D eigenvalue weighted by molar-refractivity contribution is 0.274. The number of dihydropyridines is 1. The zero-order chi connectivity index (χ0) is 8.39. The van der Waals surface area contributed by atoms with Gasteiger partial charge in [-0.2, -0.15) is 5.26 Å². The third kappa shape index (κ3) is 0.978. The molecule has 0 aromatic carbocycles. The lowest BCUT2D eigenvalue weighted by Crippen LogP contribution is -2.20. The third-order valence-corrected chi connectivity index (χ3v) is 1.93. The van der Waals surface area contributed by atoms with Gasteiger partial charge in [0.15, 0.2) is 0 Å². The number of allylic oxidation sites excluding steroid dienone is 1. The molecule has 0 aromatic rings. The fourth-order valence-electron chi connectivity index (χ4n) is 1.32. The Kier molecular flexibility index (Phi) is 1.60. The first-order valence-corrected chi connectivity index (χ1v) is 3.76. The third-order valence-electron chi connectivity index (χ3n) is 1.93. The molecule has 0 saturated heterocycles. The monoisotopic (exact) mass is 160 g/mol. The van der Waals surface area contributed by atoms with Gasteiger partial charge in [-0.25, -0.2) is 0 Å². The Morgan fingerprint density at radius 1 is 1.58 bits per heavy atom. The average Bonchev–Trinajstić information content (AvgIpc) is 2.17. The van der Waals surface area contributed by atoms with Gasteiger partial charge in [0.1, 0.15) is 6.61 Å². The molecule has 0 aliphatic carbocycles. The molecule has 3 nitrogen and oxygen atoms in total. The Hall–Kier alpha value is -1.69. The highest BCUT2D eigenvalue weighted by atomic mass is 16.5.